The van der Waals surface area contributed by atoms with Gasteiger partial charge in [-0.25, -0.2) is 14.8 Å². The second-order valence-corrected chi connectivity index (χ2v) is 6.55. The molecule has 0 aliphatic rings. The van der Waals surface area contributed by atoms with Gasteiger partial charge in [-0.1, -0.05) is 18.2 Å². The lowest BCUT2D eigenvalue weighted by atomic mass is 10.1. The number of nitrogens with zero attached hydrogens (tertiary/aromatic N) is 3. The molecule has 4 aromatic rings. The number of rotatable bonds is 4. The van der Waals surface area contributed by atoms with Gasteiger partial charge in [0.05, 0.1) is 23.7 Å². The number of imidazole rings is 1. The molecule has 2 aromatic carbocycles. The van der Waals surface area contributed by atoms with Crippen molar-refractivity contribution in [2.75, 3.05) is 12.4 Å². The molecule has 4 rings (SSSR count). The maximum atomic E-state index is 11.8. The van der Waals surface area contributed by atoms with E-state index in [-0.39, 0.29) is 5.97 Å². The van der Waals surface area contributed by atoms with Gasteiger partial charge in [-0.2, -0.15) is 0 Å². The van der Waals surface area contributed by atoms with Gasteiger partial charge in [-0.15, -0.1) is 0 Å². The van der Waals surface area contributed by atoms with Crippen molar-refractivity contribution in [2.45, 2.75) is 20.4 Å². The second kappa shape index (κ2) is 6.72. The van der Waals surface area contributed by atoms with Crippen LogP contribution in [0.2, 0.25) is 0 Å². The number of aryl methyl sites for hydroxylation is 2. The summed E-state index contributed by atoms with van der Waals surface area (Å²) in [5.74, 6) is 0.332. The number of fused-ring (bicyclic) bond motifs is 3. The summed E-state index contributed by atoms with van der Waals surface area (Å²) in [5, 5.41) is 3.39. The van der Waals surface area contributed by atoms with E-state index >= 15 is 0 Å². The zero-order valence-electron chi connectivity index (χ0n) is 15.5. The number of anilines is 1. The number of methoxy groups -OCH3 is 1. The number of ether oxygens (including phenoxy) is 1. The van der Waals surface area contributed by atoms with Crippen LogP contribution in [-0.4, -0.2) is 27.4 Å². The summed E-state index contributed by atoms with van der Waals surface area (Å²) < 4.78 is 6.74. The summed E-state index contributed by atoms with van der Waals surface area (Å²) in [4.78, 5) is 21.0. The number of hydrogen-bond donors (Lipinski definition) is 1. The van der Waals surface area contributed by atoms with Crippen molar-refractivity contribution in [2.24, 2.45) is 0 Å². The van der Waals surface area contributed by atoms with Gasteiger partial charge in [0.1, 0.15) is 0 Å². The second-order valence-electron chi connectivity index (χ2n) is 6.55. The molecule has 0 bridgehead atoms. The third-order valence-electron chi connectivity index (χ3n) is 4.77. The SMILES string of the molecule is COC(=O)c1ccc2nc(NCc3ccc(C)c(C)c3)c3nccn3c2c1. The number of carbonyl (C=O) groups excluding carboxylic acids is 1. The first-order valence-electron chi connectivity index (χ1n) is 8.72. The zero-order valence-corrected chi connectivity index (χ0v) is 15.5. The number of aromatic nitrogens is 3. The van der Waals surface area contributed by atoms with Gasteiger partial charge in [-0.3, -0.25) is 4.40 Å². The Morgan fingerprint density at radius 3 is 2.78 bits per heavy atom. The third kappa shape index (κ3) is 3.10. The molecule has 0 unspecified atom stereocenters. The van der Waals surface area contributed by atoms with E-state index in [9.17, 15) is 4.79 Å². The molecule has 0 spiro atoms. The van der Waals surface area contributed by atoms with Crippen LogP contribution in [-0.2, 0) is 11.3 Å². The fraction of sp³-hybridized carbons (Fsp3) is 0.190. The van der Waals surface area contributed by atoms with E-state index in [0.717, 1.165) is 11.0 Å². The molecule has 2 heterocycles. The van der Waals surface area contributed by atoms with Gasteiger partial charge in [0, 0.05) is 18.9 Å². The Hall–Kier alpha value is -3.41. The highest BCUT2D eigenvalue weighted by Crippen LogP contribution is 2.23. The maximum Gasteiger partial charge on any atom is 0.337 e. The quantitative estimate of drug-likeness (QED) is 0.559. The van der Waals surface area contributed by atoms with Crippen molar-refractivity contribution in [3.63, 3.8) is 0 Å². The van der Waals surface area contributed by atoms with Crippen LogP contribution in [0.15, 0.2) is 48.8 Å². The minimum atomic E-state index is -0.373. The summed E-state index contributed by atoms with van der Waals surface area (Å²) in [6.07, 6.45) is 3.59. The van der Waals surface area contributed by atoms with Crippen molar-refractivity contribution in [3.05, 3.63) is 71.0 Å². The van der Waals surface area contributed by atoms with Crippen LogP contribution < -0.4 is 5.32 Å². The molecule has 6 heteroatoms. The van der Waals surface area contributed by atoms with E-state index in [2.05, 4.69) is 42.3 Å². The van der Waals surface area contributed by atoms with Crippen LogP contribution in [0, 0.1) is 13.8 Å². The predicted octanol–water partition coefficient (Wildman–Crippen LogP) is 3.90. The van der Waals surface area contributed by atoms with Crippen molar-refractivity contribution in [1.82, 2.24) is 14.4 Å². The van der Waals surface area contributed by atoms with E-state index in [1.165, 1.54) is 23.8 Å². The summed E-state index contributed by atoms with van der Waals surface area (Å²) in [5.41, 5.74) is 6.51. The van der Waals surface area contributed by atoms with Gasteiger partial charge >= 0.3 is 5.97 Å². The zero-order chi connectivity index (χ0) is 19.0. The molecule has 1 N–H and O–H groups in total. The Kier molecular flexibility index (Phi) is 4.24. The summed E-state index contributed by atoms with van der Waals surface area (Å²) in [6, 6.07) is 11.7. The molecule has 0 aliphatic heterocycles. The van der Waals surface area contributed by atoms with E-state index in [1.54, 1.807) is 18.3 Å². The standard InChI is InChI=1S/C21H20N4O2/c1-13-4-5-15(10-14(13)2)12-23-19-20-22-8-9-25(20)18-11-16(21(26)27-3)6-7-17(18)24-19/h4-11H,12H2,1-3H3,(H,23,24). The van der Waals surface area contributed by atoms with Crippen molar-refractivity contribution in [1.29, 1.82) is 0 Å². The van der Waals surface area contributed by atoms with Crippen LogP contribution in [0.3, 0.4) is 0 Å². The first-order valence-corrected chi connectivity index (χ1v) is 8.72. The average Bonchev–Trinajstić information content (AvgIpc) is 3.18. The normalized spacial score (nSPS) is 11.1. The highest BCUT2D eigenvalue weighted by molar-refractivity contribution is 5.94. The molecule has 0 fully saturated rings. The molecule has 0 atom stereocenters. The maximum absolute atomic E-state index is 11.8. The highest BCUT2D eigenvalue weighted by Gasteiger charge is 2.12. The molecule has 136 valence electrons. The van der Waals surface area contributed by atoms with E-state index in [0.29, 0.717) is 23.6 Å². The minimum absolute atomic E-state index is 0.373. The number of esters is 1. The van der Waals surface area contributed by atoms with Crippen LogP contribution in [0.4, 0.5) is 5.82 Å². The van der Waals surface area contributed by atoms with Gasteiger partial charge in [-0.05, 0) is 48.7 Å². The van der Waals surface area contributed by atoms with Gasteiger partial charge in [0.25, 0.3) is 0 Å². The van der Waals surface area contributed by atoms with Crippen LogP contribution in [0.25, 0.3) is 16.7 Å². The first kappa shape index (κ1) is 17.0. The van der Waals surface area contributed by atoms with Crippen LogP contribution in [0.5, 0.6) is 0 Å². The topological polar surface area (TPSA) is 68.5 Å². The van der Waals surface area contributed by atoms with Gasteiger partial charge in [0.2, 0.25) is 0 Å². The first-order chi connectivity index (χ1) is 13.1. The summed E-state index contributed by atoms with van der Waals surface area (Å²) in [6.45, 7) is 4.87. The molecule has 2 aromatic heterocycles. The molecule has 0 saturated heterocycles. The number of nitrogens with one attached hydrogen (secondary N) is 1. The largest absolute Gasteiger partial charge is 0.465 e. The molecule has 0 radical (unpaired) electrons. The van der Waals surface area contributed by atoms with Crippen LogP contribution >= 0.6 is 0 Å². The van der Waals surface area contributed by atoms with E-state index in [4.69, 9.17) is 9.72 Å². The van der Waals surface area contributed by atoms with E-state index < -0.39 is 0 Å². The Morgan fingerprint density at radius 1 is 1.15 bits per heavy atom. The van der Waals surface area contributed by atoms with Gasteiger partial charge < -0.3 is 10.1 Å². The fourth-order valence-electron chi connectivity index (χ4n) is 3.12. The van der Waals surface area contributed by atoms with Gasteiger partial charge in [0.15, 0.2) is 11.5 Å². The van der Waals surface area contributed by atoms with Crippen LogP contribution in [0.1, 0.15) is 27.0 Å². The Bertz CT molecular complexity index is 1160. The van der Waals surface area contributed by atoms with Crippen molar-refractivity contribution in [3.8, 4) is 0 Å². The molecule has 27 heavy (non-hydrogen) atoms. The molecule has 6 nitrogen and oxygen atoms in total. The molecule has 0 saturated carbocycles. The Labute approximate surface area is 156 Å². The molecular formula is C21H20N4O2. The highest BCUT2D eigenvalue weighted by atomic mass is 16.5. The Morgan fingerprint density at radius 2 is 2.00 bits per heavy atom. The van der Waals surface area contributed by atoms with E-state index in [1.807, 2.05) is 16.7 Å². The predicted molar refractivity (Wildman–Crippen MR) is 105 cm³/mol. The van der Waals surface area contributed by atoms with Crippen molar-refractivity contribution < 1.29 is 9.53 Å². The lowest BCUT2D eigenvalue weighted by molar-refractivity contribution is 0.0601. The third-order valence-corrected chi connectivity index (χ3v) is 4.77. The molecular weight excluding hydrogens is 340 g/mol. The fourth-order valence-corrected chi connectivity index (χ4v) is 3.12. The summed E-state index contributed by atoms with van der Waals surface area (Å²) >= 11 is 0. The monoisotopic (exact) mass is 360 g/mol. The average molecular weight is 360 g/mol. The Balaban J connectivity index is 1.73. The lowest BCUT2D eigenvalue weighted by Gasteiger charge is -2.11. The molecule has 0 aliphatic carbocycles. The number of hydrogen-bond acceptors (Lipinski definition) is 5. The lowest BCUT2D eigenvalue weighted by Crippen LogP contribution is -2.06. The smallest absolute Gasteiger partial charge is 0.337 e. The number of benzene rings is 2. The number of carbonyl (C=O) groups is 1. The van der Waals surface area contributed by atoms with Crippen molar-refractivity contribution >= 4 is 28.5 Å². The molecule has 0 amide bonds. The minimum Gasteiger partial charge on any atom is -0.465 e. The summed E-state index contributed by atoms with van der Waals surface area (Å²) in [7, 11) is 1.37.